The lowest BCUT2D eigenvalue weighted by Gasteiger charge is -2.30. The van der Waals surface area contributed by atoms with Crippen LogP contribution in [-0.4, -0.2) is 23.8 Å². The van der Waals surface area contributed by atoms with Gasteiger partial charge in [0.05, 0.1) is 6.04 Å². The first-order valence-electron chi connectivity index (χ1n) is 7.76. The zero-order valence-electron chi connectivity index (χ0n) is 13.8. The zero-order valence-corrected chi connectivity index (χ0v) is 13.8. The van der Waals surface area contributed by atoms with Crippen molar-refractivity contribution in [1.29, 1.82) is 0 Å². The maximum atomic E-state index is 11.9. The molecule has 1 unspecified atom stereocenters. The zero-order chi connectivity index (χ0) is 16.3. The number of alkyl carbamates (subject to hydrolysis) is 1. The van der Waals surface area contributed by atoms with Gasteiger partial charge < -0.3 is 15.8 Å². The van der Waals surface area contributed by atoms with Gasteiger partial charge in [-0.1, -0.05) is 35.9 Å². The molecule has 0 heterocycles. The Morgan fingerprint density at radius 1 is 1.27 bits per heavy atom. The van der Waals surface area contributed by atoms with E-state index in [1.807, 2.05) is 20.8 Å². The standard InChI is InChI=1S/C18H26N2O2/c1-12-5-7-13(8-6-12)14-9-10-16(15(19)11-14)20-17(21)22-18(2,3)4/h5-9,15-16H,10-11,19H2,1-4H3,(H,20,21)/t15-,16?/m0/s1. The van der Waals surface area contributed by atoms with Crippen molar-refractivity contribution in [3.63, 3.8) is 0 Å². The van der Waals surface area contributed by atoms with Crippen LogP contribution in [0.15, 0.2) is 30.3 Å². The normalized spacial score (nSPS) is 22.0. The lowest BCUT2D eigenvalue weighted by Crippen LogP contribution is -2.50. The van der Waals surface area contributed by atoms with Crippen molar-refractivity contribution in [3.8, 4) is 0 Å². The van der Waals surface area contributed by atoms with Crippen LogP contribution in [0, 0.1) is 6.92 Å². The smallest absolute Gasteiger partial charge is 0.407 e. The Hall–Kier alpha value is -1.81. The van der Waals surface area contributed by atoms with E-state index < -0.39 is 11.7 Å². The van der Waals surface area contributed by atoms with E-state index in [9.17, 15) is 4.79 Å². The number of aryl methyl sites for hydroxylation is 1. The molecule has 0 saturated carbocycles. The molecule has 0 aromatic heterocycles. The maximum Gasteiger partial charge on any atom is 0.407 e. The average molecular weight is 302 g/mol. The Morgan fingerprint density at radius 3 is 2.45 bits per heavy atom. The molecule has 0 aliphatic heterocycles. The number of rotatable bonds is 2. The molecule has 120 valence electrons. The van der Waals surface area contributed by atoms with Crippen molar-refractivity contribution in [2.24, 2.45) is 5.73 Å². The molecule has 1 aliphatic carbocycles. The van der Waals surface area contributed by atoms with Crippen LogP contribution in [0.3, 0.4) is 0 Å². The summed E-state index contributed by atoms with van der Waals surface area (Å²) in [5.41, 5.74) is 9.44. The minimum Gasteiger partial charge on any atom is -0.444 e. The first-order valence-corrected chi connectivity index (χ1v) is 7.76. The van der Waals surface area contributed by atoms with Gasteiger partial charge in [0.1, 0.15) is 5.60 Å². The number of hydrogen-bond acceptors (Lipinski definition) is 3. The van der Waals surface area contributed by atoms with Crippen LogP contribution < -0.4 is 11.1 Å². The molecule has 0 fully saturated rings. The second-order valence-electron chi connectivity index (χ2n) is 6.95. The van der Waals surface area contributed by atoms with E-state index >= 15 is 0 Å². The fraction of sp³-hybridized carbons (Fsp3) is 0.500. The quantitative estimate of drug-likeness (QED) is 0.880. The second-order valence-corrected chi connectivity index (χ2v) is 6.95. The van der Waals surface area contributed by atoms with Crippen molar-refractivity contribution in [3.05, 3.63) is 41.5 Å². The van der Waals surface area contributed by atoms with Gasteiger partial charge in [-0.15, -0.1) is 0 Å². The van der Waals surface area contributed by atoms with Gasteiger partial charge >= 0.3 is 6.09 Å². The fourth-order valence-corrected chi connectivity index (χ4v) is 2.55. The topological polar surface area (TPSA) is 64.3 Å². The summed E-state index contributed by atoms with van der Waals surface area (Å²) in [6.45, 7) is 7.62. The largest absolute Gasteiger partial charge is 0.444 e. The van der Waals surface area contributed by atoms with Crippen LogP contribution >= 0.6 is 0 Å². The van der Waals surface area contributed by atoms with E-state index in [0.717, 1.165) is 12.8 Å². The third-order valence-corrected chi connectivity index (χ3v) is 3.72. The van der Waals surface area contributed by atoms with Gasteiger partial charge in [-0.3, -0.25) is 0 Å². The highest BCUT2D eigenvalue weighted by Crippen LogP contribution is 2.27. The molecule has 3 N–H and O–H groups in total. The molecule has 2 atom stereocenters. The van der Waals surface area contributed by atoms with Crippen LogP contribution in [0.2, 0.25) is 0 Å². The first-order chi connectivity index (χ1) is 10.2. The molecule has 2 rings (SSSR count). The molecule has 0 saturated heterocycles. The summed E-state index contributed by atoms with van der Waals surface area (Å²) in [4.78, 5) is 11.9. The summed E-state index contributed by atoms with van der Waals surface area (Å²) >= 11 is 0. The molecule has 1 aliphatic rings. The monoisotopic (exact) mass is 302 g/mol. The molecular weight excluding hydrogens is 276 g/mol. The maximum absolute atomic E-state index is 11.9. The SMILES string of the molecule is Cc1ccc(C2=CCC(NC(=O)OC(C)(C)C)[C@@H](N)C2)cc1. The molecule has 22 heavy (non-hydrogen) atoms. The summed E-state index contributed by atoms with van der Waals surface area (Å²) in [5, 5.41) is 2.88. The minimum absolute atomic E-state index is 0.0796. The number of nitrogens with one attached hydrogen (secondary N) is 1. The number of amides is 1. The third-order valence-electron chi connectivity index (χ3n) is 3.72. The van der Waals surface area contributed by atoms with Crippen LogP contribution in [0.5, 0.6) is 0 Å². The summed E-state index contributed by atoms with van der Waals surface area (Å²) in [6.07, 6.45) is 3.24. The van der Waals surface area contributed by atoms with E-state index in [2.05, 4.69) is 42.6 Å². The van der Waals surface area contributed by atoms with Crippen molar-refractivity contribution >= 4 is 11.7 Å². The van der Waals surface area contributed by atoms with Gasteiger partial charge in [0, 0.05) is 6.04 Å². The molecule has 1 amide bonds. The van der Waals surface area contributed by atoms with Crippen LogP contribution in [0.4, 0.5) is 4.79 Å². The molecule has 4 heteroatoms. The van der Waals surface area contributed by atoms with Gasteiger partial charge in [-0.2, -0.15) is 0 Å². The Kier molecular flexibility index (Phi) is 4.91. The van der Waals surface area contributed by atoms with Crippen molar-refractivity contribution < 1.29 is 9.53 Å². The van der Waals surface area contributed by atoms with Gasteiger partial charge in [0.25, 0.3) is 0 Å². The van der Waals surface area contributed by atoms with Gasteiger partial charge in [-0.05, 0) is 51.7 Å². The summed E-state index contributed by atoms with van der Waals surface area (Å²) in [6, 6.07) is 8.27. The number of carbonyl (C=O) groups is 1. The number of nitrogens with two attached hydrogens (primary N) is 1. The summed E-state index contributed by atoms with van der Waals surface area (Å²) in [5.74, 6) is 0. The molecule has 1 aromatic carbocycles. The first kappa shape index (κ1) is 16.6. The van der Waals surface area contributed by atoms with Crippen molar-refractivity contribution in [2.45, 2.75) is 58.2 Å². The minimum atomic E-state index is -0.494. The molecule has 1 aromatic rings. The highest BCUT2D eigenvalue weighted by Gasteiger charge is 2.26. The van der Waals surface area contributed by atoms with Crippen molar-refractivity contribution in [1.82, 2.24) is 5.32 Å². The number of benzene rings is 1. The number of ether oxygens (including phenoxy) is 1. The Balaban J connectivity index is 1.99. The van der Waals surface area contributed by atoms with Gasteiger partial charge in [0.15, 0.2) is 0 Å². The van der Waals surface area contributed by atoms with Crippen LogP contribution in [-0.2, 0) is 4.74 Å². The van der Waals surface area contributed by atoms with Crippen LogP contribution in [0.1, 0.15) is 44.7 Å². The highest BCUT2D eigenvalue weighted by molar-refractivity contribution is 5.70. The van der Waals surface area contributed by atoms with E-state index in [-0.39, 0.29) is 12.1 Å². The second kappa shape index (κ2) is 6.53. The Morgan fingerprint density at radius 2 is 1.91 bits per heavy atom. The predicted molar refractivity (Wildman–Crippen MR) is 89.5 cm³/mol. The summed E-state index contributed by atoms with van der Waals surface area (Å²) < 4.78 is 5.29. The molecule has 4 nitrogen and oxygen atoms in total. The molecular formula is C18H26N2O2. The van der Waals surface area contributed by atoms with E-state index in [1.54, 1.807) is 0 Å². The molecule has 0 bridgehead atoms. The predicted octanol–water partition coefficient (Wildman–Crippen LogP) is 3.39. The van der Waals surface area contributed by atoms with E-state index in [1.165, 1.54) is 16.7 Å². The molecule has 0 radical (unpaired) electrons. The van der Waals surface area contributed by atoms with E-state index in [0.29, 0.717) is 0 Å². The number of carbonyl (C=O) groups excluding carboxylic acids is 1. The number of hydrogen-bond donors (Lipinski definition) is 2. The third kappa shape index (κ3) is 4.60. The van der Waals surface area contributed by atoms with E-state index in [4.69, 9.17) is 10.5 Å². The molecule has 0 spiro atoms. The highest BCUT2D eigenvalue weighted by atomic mass is 16.6. The lowest BCUT2D eigenvalue weighted by molar-refractivity contribution is 0.0496. The lowest BCUT2D eigenvalue weighted by atomic mass is 9.87. The Labute approximate surface area is 132 Å². The van der Waals surface area contributed by atoms with Gasteiger partial charge in [0.2, 0.25) is 0 Å². The van der Waals surface area contributed by atoms with Crippen molar-refractivity contribution in [2.75, 3.05) is 0 Å². The average Bonchev–Trinajstić information content (AvgIpc) is 2.40. The summed E-state index contributed by atoms with van der Waals surface area (Å²) in [7, 11) is 0. The van der Waals surface area contributed by atoms with Crippen LogP contribution in [0.25, 0.3) is 5.57 Å². The fourth-order valence-electron chi connectivity index (χ4n) is 2.55. The Bertz CT molecular complexity index is 555. The van der Waals surface area contributed by atoms with Gasteiger partial charge in [-0.25, -0.2) is 4.79 Å².